The van der Waals surface area contributed by atoms with Gasteiger partial charge in [0.15, 0.2) is 0 Å². The number of ether oxygens (including phenoxy) is 1. The first-order valence-corrected chi connectivity index (χ1v) is 7.57. The molecule has 0 unspecified atom stereocenters. The van der Waals surface area contributed by atoms with E-state index in [9.17, 15) is 9.59 Å². The summed E-state index contributed by atoms with van der Waals surface area (Å²) in [6.07, 6.45) is 1.58. The van der Waals surface area contributed by atoms with Gasteiger partial charge in [0.1, 0.15) is 6.61 Å². The molecule has 2 amide bonds. The van der Waals surface area contributed by atoms with Gasteiger partial charge in [0.05, 0.1) is 11.5 Å². The van der Waals surface area contributed by atoms with Gasteiger partial charge in [-0.1, -0.05) is 50.3 Å². The van der Waals surface area contributed by atoms with Gasteiger partial charge in [-0.15, -0.1) is 6.58 Å². The quantitative estimate of drug-likeness (QED) is 0.783. The van der Waals surface area contributed by atoms with Crippen molar-refractivity contribution in [3.8, 4) is 0 Å². The van der Waals surface area contributed by atoms with Crippen molar-refractivity contribution in [1.82, 2.24) is 4.90 Å². The van der Waals surface area contributed by atoms with Crippen molar-refractivity contribution in [3.63, 3.8) is 0 Å². The summed E-state index contributed by atoms with van der Waals surface area (Å²) in [4.78, 5) is 26.2. The summed E-state index contributed by atoms with van der Waals surface area (Å²) in [5.41, 5.74) is 0.199. The second-order valence-corrected chi connectivity index (χ2v) is 6.35. The molecule has 1 aliphatic heterocycles. The van der Waals surface area contributed by atoms with Crippen molar-refractivity contribution in [3.05, 3.63) is 48.6 Å². The van der Waals surface area contributed by atoms with Gasteiger partial charge in [-0.25, -0.2) is 9.69 Å². The van der Waals surface area contributed by atoms with Crippen molar-refractivity contribution in [1.29, 1.82) is 0 Å². The van der Waals surface area contributed by atoms with Gasteiger partial charge in [0, 0.05) is 0 Å². The fraction of sp³-hybridized carbons (Fsp3) is 0.444. The van der Waals surface area contributed by atoms with Gasteiger partial charge < -0.3 is 4.74 Å². The molecular weight excluding hydrogens is 278 g/mol. The monoisotopic (exact) mass is 301 g/mol. The molecular formula is C18H23NO3. The van der Waals surface area contributed by atoms with E-state index in [1.54, 1.807) is 6.08 Å². The molecule has 2 atom stereocenters. The van der Waals surface area contributed by atoms with Gasteiger partial charge in [0.25, 0.3) is 0 Å². The number of amides is 2. The van der Waals surface area contributed by atoms with Gasteiger partial charge in [-0.2, -0.15) is 0 Å². The lowest BCUT2D eigenvalue weighted by Crippen LogP contribution is -2.48. The van der Waals surface area contributed by atoms with Crippen molar-refractivity contribution >= 4 is 12.0 Å². The van der Waals surface area contributed by atoms with Crippen LogP contribution >= 0.6 is 0 Å². The van der Waals surface area contributed by atoms with Gasteiger partial charge in [-0.3, -0.25) is 4.79 Å². The minimum absolute atomic E-state index is 0.154. The Morgan fingerprint density at radius 3 is 2.64 bits per heavy atom. The van der Waals surface area contributed by atoms with Crippen LogP contribution in [0.1, 0.15) is 26.3 Å². The zero-order chi connectivity index (χ0) is 16.3. The number of carbonyl (C=O) groups is 2. The normalized spacial score (nSPS) is 20.6. The Morgan fingerprint density at radius 1 is 1.45 bits per heavy atom. The predicted molar refractivity (Wildman–Crippen MR) is 85.3 cm³/mol. The fourth-order valence-corrected chi connectivity index (χ4v) is 2.69. The molecule has 0 radical (unpaired) electrons. The average Bonchev–Trinajstić information content (AvgIpc) is 2.89. The minimum Gasteiger partial charge on any atom is -0.447 e. The van der Waals surface area contributed by atoms with Crippen LogP contribution < -0.4 is 0 Å². The minimum atomic E-state index is -0.835. The molecule has 4 nitrogen and oxygen atoms in total. The van der Waals surface area contributed by atoms with E-state index in [-0.39, 0.29) is 24.5 Å². The van der Waals surface area contributed by atoms with Crippen molar-refractivity contribution in [2.45, 2.75) is 33.2 Å². The number of hydrogen-bond donors (Lipinski definition) is 0. The largest absolute Gasteiger partial charge is 0.447 e. The molecule has 1 heterocycles. The highest BCUT2D eigenvalue weighted by Crippen LogP contribution is 2.31. The first-order chi connectivity index (χ1) is 10.4. The molecule has 1 saturated heterocycles. The molecule has 1 fully saturated rings. The summed E-state index contributed by atoms with van der Waals surface area (Å²) >= 11 is 0. The summed E-state index contributed by atoms with van der Waals surface area (Å²) in [6, 6.07) is 9.53. The Kier molecular flexibility index (Phi) is 4.69. The molecule has 2 rings (SSSR count). The zero-order valence-corrected chi connectivity index (χ0v) is 13.4. The Morgan fingerprint density at radius 2 is 2.09 bits per heavy atom. The van der Waals surface area contributed by atoms with Crippen LogP contribution in [0.3, 0.4) is 0 Å². The van der Waals surface area contributed by atoms with E-state index in [1.807, 2.05) is 51.1 Å². The molecule has 0 aromatic heterocycles. The number of cyclic esters (lactones) is 1. The van der Waals surface area contributed by atoms with Crippen LogP contribution in [0.2, 0.25) is 0 Å². The second kappa shape index (κ2) is 6.34. The number of nitrogens with zero attached hydrogens (tertiary/aromatic N) is 1. The van der Waals surface area contributed by atoms with Crippen molar-refractivity contribution < 1.29 is 14.3 Å². The number of rotatable bonds is 5. The summed E-state index contributed by atoms with van der Waals surface area (Å²) < 4.78 is 5.08. The number of carbonyl (C=O) groups excluding carboxylic acids is 2. The standard InChI is InChI=1S/C18H23NO3/c1-5-18(4,11-14-9-7-6-8-10-14)16(20)19-15(13(2)3)12-22-17(19)21/h5-10,13,15H,1,11-12H2,2-4H3/t15-,18+/m1/s1. The fourth-order valence-electron chi connectivity index (χ4n) is 2.69. The number of imide groups is 1. The average molecular weight is 301 g/mol. The van der Waals surface area contributed by atoms with Crippen LogP contribution in [-0.4, -0.2) is 29.5 Å². The summed E-state index contributed by atoms with van der Waals surface area (Å²) in [7, 11) is 0. The third-order valence-electron chi connectivity index (χ3n) is 4.25. The Hall–Kier alpha value is -2.10. The molecule has 22 heavy (non-hydrogen) atoms. The Bertz CT molecular complexity index is 567. The summed E-state index contributed by atoms with van der Waals surface area (Å²) in [5.74, 6) is -0.0891. The maximum absolute atomic E-state index is 13.0. The molecule has 0 saturated carbocycles. The third kappa shape index (κ3) is 3.06. The second-order valence-electron chi connectivity index (χ2n) is 6.35. The molecule has 1 aromatic rings. The predicted octanol–water partition coefficient (Wildman–Crippen LogP) is 3.42. The maximum atomic E-state index is 13.0. The summed E-state index contributed by atoms with van der Waals surface area (Å²) in [6.45, 7) is 9.86. The lowest BCUT2D eigenvalue weighted by atomic mass is 9.81. The number of benzene rings is 1. The molecule has 4 heteroatoms. The first-order valence-electron chi connectivity index (χ1n) is 7.57. The van der Waals surface area contributed by atoms with Crippen LogP contribution in [-0.2, 0) is 16.0 Å². The smallest absolute Gasteiger partial charge is 0.417 e. The molecule has 0 spiro atoms. The zero-order valence-electron chi connectivity index (χ0n) is 13.4. The molecule has 0 aliphatic carbocycles. The van der Waals surface area contributed by atoms with E-state index < -0.39 is 11.5 Å². The first kappa shape index (κ1) is 16.3. The van der Waals surface area contributed by atoms with E-state index in [0.29, 0.717) is 6.42 Å². The van der Waals surface area contributed by atoms with Crippen LogP contribution in [0.25, 0.3) is 0 Å². The SMILES string of the molecule is C=C[C@@](C)(Cc1ccccc1)C(=O)N1C(=O)OC[C@@H]1C(C)C. The number of hydrogen-bond acceptors (Lipinski definition) is 3. The van der Waals surface area contributed by atoms with Gasteiger partial charge in [0.2, 0.25) is 5.91 Å². The Balaban J connectivity index is 2.27. The van der Waals surface area contributed by atoms with E-state index in [1.165, 1.54) is 4.90 Å². The van der Waals surface area contributed by atoms with E-state index in [4.69, 9.17) is 4.74 Å². The van der Waals surface area contributed by atoms with Crippen molar-refractivity contribution in [2.24, 2.45) is 11.3 Å². The van der Waals surface area contributed by atoms with E-state index in [0.717, 1.165) is 5.56 Å². The van der Waals surface area contributed by atoms with Crippen LogP contribution in [0.5, 0.6) is 0 Å². The van der Waals surface area contributed by atoms with E-state index >= 15 is 0 Å². The summed E-state index contributed by atoms with van der Waals surface area (Å²) in [5, 5.41) is 0. The molecule has 1 aromatic carbocycles. The van der Waals surface area contributed by atoms with Crippen molar-refractivity contribution in [2.75, 3.05) is 6.61 Å². The molecule has 118 valence electrons. The molecule has 1 aliphatic rings. The van der Waals surface area contributed by atoms with Crippen LogP contribution in [0.4, 0.5) is 4.79 Å². The highest BCUT2D eigenvalue weighted by Gasteiger charge is 2.45. The Labute approximate surface area is 131 Å². The third-order valence-corrected chi connectivity index (χ3v) is 4.25. The van der Waals surface area contributed by atoms with Crippen LogP contribution in [0, 0.1) is 11.3 Å². The van der Waals surface area contributed by atoms with E-state index in [2.05, 4.69) is 6.58 Å². The lowest BCUT2D eigenvalue weighted by molar-refractivity contribution is -0.137. The van der Waals surface area contributed by atoms with Crippen LogP contribution in [0.15, 0.2) is 43.0 Å². The topological polar surface area (TPSA) is 46.6 Å². The lowest BCUT2D eigenvalue weighted by Gasteiger charge is -2.31. The van der Waals surface area contributed by atoms with Gasteiger partial charge in [-0.05, 0) is 24.8 Å². The highest BCUT2D eigenvalue weighted by atomic mass is 16.6. The highest BCUT2D eigenvalue weighted by molar-refractivity contribution is 5.97. The maximum Gasteiger partial charge on any atom is 0.417 e. The molecule has 0 bridgehead atoms. The van der Waals surface area contributed by atoms with Gasteiger partial charge >= 0.3 is 6.09 Å². The molecule has 0 N–H and O–H groups in total.